The van der Waals surface area contributed by atoms with E-state index in [0.29, 0.717) is 5.92 Å². The van der Waals surface area contributed by atoms with Gasteiger partial charge in [0.1, 0.15) is 5.82 Å². The molecular formula is C18H20FN. The maximum atomic E-state index is 13.5. The first-order valence-electron chi connectivity index (χ1n) is 7.30. The lowest BCUT2D eigenvalue weighted by Crippen LogP contribution is -2.14. The van der Waals surface area contributed by atoms with Crippen LogP contribution in [0.4, 0.5) is 4.39 Å². The van der Waals surface area contributed by atoms with Crippen molar-refractivity contribution < 1.29 is 4.39 Å². The largest absolute Gasteiger partial charge is 0.320 e. The molecule has 1 N–H and O–H groups in total. The van der Waals surface area contributed by atoms with Gasteiger partial charge in [-0.15, -0.1) is 0 Å². The van der Waals surface area contributed by atoms with E-state index in [1.807, 2.05) is 13.1 Å². The van der Waals surface area contributed by atoms with Gasteiger partial charge in [-0.25, -0.2) is 4.39 Å². The average Bonchev–Trinajstić information content (AvgIpc) is 2.62. The number of fused-ring (bicyclic) bond motifs is 2. The lowest BCUT2D eigenvalue weighted by molar-refractivity contribution is 0.620. The topological polar surface area (TPSA) is 12.0 Å². The summed E-state index contributed by atoms with van der Waals surface area (Å²) in [5.74, 6) is 0.249. The van der Waals surface area contributed by atoms with E-state index < -0.39 is 0 Å². The number of hydrogen-bond acceptors (Lipinski definition) is 1. The zero-order valence-electron chi connectivity index (χ0n) is 11.8. The van der Waals surface area contributed by atoms with Crippen LogP contribution >= 0.6 is 0 Å². The Balaban J connectivity index is 2.09. The molecule has 0 bridgehead atoms. The van der Waals surface area contributed by atoms with Crippen molar-refractivity contribution in [2.75, 3.05) is 13.6 Å². The van der Waals surface area contributed by atoms with Crippen LogP contribution in [-0.2, 0) is 12.8 Å². The molecule has 0 fully saturated rings. The van der Waals surface area contributed by atoms with E-state index in [1.165, 1.54) is 22.3 Å². The smallest absolute Gasteiger partial charge is 0.123 e. The lowest BCUT2D eigenvalue weighted by atomic mass is 9.85. The van der Waals surface area contributed by atoms with E-state index in [-0.39, 0.29) is 5.82 Å². The van der Waals surface area contributed by atoms with Crippen molar-refractivity contribution in [1.29, 1.82) is 0 Å². The monoisotopic (exact) mass is 269 g/mol. The molecule has 1 nitrogen and oxygen atoms in total. The molecule has 20 heavy (non-hydrogen) atoms. The molecular weight excluding hydrogens is 249 g/mol. The lowest BCUT2D eigenvalue weighted by Gasteiger charge is -2.20. The van der Waals surface area contributed by atoms with Crippen molar-refractivity contribution in [3.8, 4) is 0 Å². The summed E-state index contributed by atoms with van der Waals surface area (Å²) >= 11 is 0. The minimum Gasteiger partial charge on any atom is -0.320 e. The van der Waals surface area contributed by atoms with Gasteiger partial charge in [-0.3, -0.25) is 0 Å². The molecule has 0 aliphatic heterocycles. The van der Waals surface area contributed by atoms with Gasteiger partial charge in [0.15, 0.2) is 0 Å². The standard InChI is InChI=1S/C18H20FN/c1-20-11-10-18-16-5-3-2-4-13(16)6-7-14-12-15(19)8-9-17(14)18/h2-5,8-9,12,18,20H,6-7,10-11H2,1H3. The quantitative estimate of drug-likeness (QED) is 0.896. The minimum atomic E-state index is -0.123. The third-order valence-corrected chi connectivity index (χ3v) is 4.26. The molecule has 0 saturated heterocycles. The number of rotatable bonds is 3. The maximum absolute atomic E-state index is 13.5. The number of hydrogen-bond donors (Lipinski definition) is 1. The first-order chi connectivity index (χ1) is 9.79. The molecule has 2 aromatic carbocycles. The number of nitrogens with one attached hydrogen (secondary N) is 1. The van der Waals surface area contributed by atoms with Crippen molar-refractivity contribution in [1.82, 2.24) is 5.32 Å². The van der Waals surface area contributed by atoms with Crippen LogP contribution in [0, 0.1) is 5.82 Å². The van der Waals surface area contributed by atoms with Gasteiger partial charge in [0.2, 0.25) is 0 Å². The molecule has 2 heteroatoms. The van der Waals surface area contributed by atoms with Crippen LogP contribution in [-0.4, -0.2) is 13.6 Å². The Morgan fingerprint density at radius 3 is 2.65 bits per heavy atom. The fraction of sp³-hybridized carbons (Fsp3) is 0.333. The normalized spacial score (nSPS) is 17.2. The maximum Gasteiger partial charge on any atom is 0.123 e. The highest BCUT2D eigenvalue weighted by Gasteiger charge is 2.23. The van der Waals surface area contributed by atoms with Crippen molar-refractivity contribution >= 4 is 0 Å². The Kier molecular flexibility index (Phi) is 3.83. The predicted octanol–water partition coefficient (Wildman–Crippen LogP) is 3.67. The van der Waals surface area contributed by atoms with Crippen molar-refractivity contribution in [2.24, 2.45) is 0 Å². The summed E-state index contributed by atoms with van der Waals surface area (Å²) in [6.07, 6.45) is 2.98. The third kappa shape index (κ3) is 2.48. The van der Waals surface area contributed by atoms with Crippen LogP contribution in [0.1, 0.15) is 34.6 Å². The zero-order valence-corrected chi connectivity index (χ0v) is 11.8. The molecule has 104 valence electrons. The molecule has 0 heterocycles. The molecule has 0 amide bonds. The highest BCUT2D eigenvalue weighted by molar-refractivity contribution is 5.45. The Hall–Kier alpha value is -1.67. The molecule has 0 spiro atoms. The summed E-state index contributed by atoms with van der Waals surface area (Å²) in [5, 5.41) is 3.23. The van der Waals surface area contributed by atoms with E-state index in [0.717, 1.165) is 25.8 Å². The Morgan fingerprint density at radius 1 is 1.05 bits per heavy atom. The van der Waals surface area contributed by atoms with Crippen LogP contribution in [0.3, 0.4) is 0 Å². The Labute approximate surface area is 119 Å². The second kappa shape index (κ2) is 5.76. The summed E-state index contributed by atoms with van der Waals surface area (Å²) in [5.41, 5.74) is 5.28. The van der Waals surface area contributed by atoms with Gasteiger partial charge >= 0.3 is 0 Å². The molecule has 1 atom stereocenters. The van der Waals surface area contributed by atoms with Gasteiger partial charge in [0.25, 0.3) is 0 Å². The molecule has 0 saturated carbocycles. The zero-order chi connectivity index (χ0) is 13.9. The molecule has 3 rings (SSSR count). The van der Waals surface area contributed by atoms with Gasteiger partial charge in [0, 0.05) is 5.92 Å². The fourth-order valence-electron chi connectivity index (χ4n) is 3.27. The van der Waals surface area contributed by atoms with Gasteiger partial charge in [-0.05, 0) is 67.2 Å². The minimum absolute atomic E-state index is 0.123. The summed E-state index contributed by atoms with van der Waals surface area (Å²) in [6.45, 7) is 0.968. The fourth-order valence-corrected chi connectivity index (χ4v) is 3.27. The number of benzene rings is 2. The van der Waals surface area contributed by atoms with Crippen LogP contribution in [0.2, 0.25) is 0 Å². The number of aryl methyl sites for hydroxylation is 2. The average molecular weight is 269 g/mol. The predicted molar refractivity (Wildman–Crippen MR) is 80.6 cm³/mol. The molecule has 0 radical (unpaired) electrons. The van der Waals surface area contributed by atoms with Gasteiger partial charge in [0.05, 0.1) is 0 Å². The number of halogens is 1. The Morgan fingerprint density at radius 2 is 1.80 bits per heavy atom. The highest BCUT2D eigenvalue weighted by Crippen LogP contribution is 2.36. The van der Waals surface area contributed by atoms with Crippen molar-refractivity contribution in [3.05, 3.63) is 70.5 Å². The molecule has 0 aromatic heterocycles. The first kappa shape index (κ1) is 13.3. The summed E-state index contributed by atoms with van der Waals surface area (Å²) < 4.78 is 13.5. The van der Waals surface area contributed by atoms with Crippen LogP contribution in [0.25, 0.3) is 0 Å². The van der Waals surface area contributed by atoms with E-state index in [1.54, 1.807) is 12.1 Å². The summed E-state index contributed by atoms with van der Waals surface area (Å²) in [7, 11) is 1.98. The van der Waals surface area contributed by atoms with Gasteiger partial charge in [-0.2, -0.15) is 0 Å². The third-order valence-electron chi connectivity index (χ3n) is 4.26. The summed E-state index contributed by atoms with van der Waals surface area (Å²) in [4.78, 5) is 0. The summed E-state index contributed by atoms with van der Waals surface area (Å²) in [6, 6.07) is 13.9. The molecule has 1 unspecified atom stereocenters. The first-order valence-corrected chi connectivity index (χ1v) is 7.30. The van der Waals surface area contributed by atoms with E-state index in [9.17, 15) is 4.39 Å². The van der Waals surface area contributed by atoms with E-state index in [2.05, 4.69) is 29.6 Å². The highest BCUT2D eigenvalue weighted by atomic mass is 19.1. The molecule has 1 aliphatic rings. The SMILES string of the molecule is CNCCC1c2ccccc2CCc2cc(F)ccc21. The van der Waals surface area contributed by atoms with Crippen molar-refractivity contribution in [2.45, 2.75) is 25.2 Å². The molecule has 1 aliphatic carbocycles. The second-order valence-electron chi connectivity index (χ2n) is 5.49. The second-order valence-corrected chi connectivity index (χ2v) is 5.49. The van der Waals surface area contributed by atoms with E-state index in [4.69, 9.17) is 0 Å². The van der Waals surface area contributed by atoms with Crippen molar-refractivity contribution in [3.63, 3.8) is 0 Å². The van der Waals surface area contributed by atoms with Crippen LogP contribution in [0.5, 0.6) is 0 Å². The van der Waals surface area contributed by atoms with Crippen LogP contribution in [0.15, 0.2) is 42.5 Å². The van der Waals surface area contributed by atoms with Gasteiger partial charge in [-0.1, -0.05) is 30.3 Å². The Bertz CT molecular complexity index is 606. The molecule has 2 aromatic rings. The van der Waals surface area contributed by atoms with Crippen LogP contribution < -0.4 is 5.32 Å². The van der Waals surface area contributed by atoms with E-state index >= 15 is 0 Å². The van der Waals surface area contributed by atoms with Gasteiger partial charge < -0.3 is 5.32 Å².